The van der Waals surface area contributed by atoms with Crippen molar-refractivity contribution in [2.75, 3.05) is 18.5 Å². The van der Waals surface area contributed by atoms with E-state index in [-0.39, 0.29) is 11.9 Å². The SMILES string of the molecule is C=C/C(NC1NCNc2sc3c(c21)CCCC3)=C(O)\C=C\CNN. The van der Waals surface area contributed by atoms with Gasteiger partial charge >= 0.3 is 0 Å². The molecular formula is C17H25N5OS. The number of thiophene rings is 1. The number of aliphatic hydroxyl groups is 1. The summed E-state index contributed by atoms with van der Waals surface area (Å²) in [5, 5.41) is 21.8. The summed E-state index contributed by atoms with van der Waals surface area (Å²) in [6, 6.07) is 0. The molecule has 0 amide bonds. The summed E-state index contributed by atoms with van der Waals surface area (Å²) in [4.78, 5) is 1.50. The molecule has 130 valence electrons. The van der Waals surface area contributed by atoms with Gasteiger partial charge in [-0.2, -0.15) is 0 Å². The summed E-state index contributed by atoms with van der Waals surface area (Å²) in [6.07, 6.45) is 9.80. The Hall–Kier alpha value is -1.80. The second kappa shape index (κ2) is 7.85. The van der Waals surface area contributed by atoms with Gasteiger partial charge in [-0.3, -0.25) is 16.6 Å². The first-order chi connectivity index (χ1) is 11.7. The molecule has 0 radical (unpaired) electrons. The zero-order valence-corrected chi connectivity index (χ0v) is 14.5. The van der Waals surface area contributed by atoms with E-state index in [9.17, 15) is 5.11 Å². The van der Waals surface area contributed by atoms with Crippen LogP contribution >= 0.6 is 11.3 Å². The van der Waals surface area contributed by atoms with Gasteiger partial charge < -0.3 is 15.7 Å². The van der Waals surface area contributed by atoms with Crippen LogP contribution in [-0.4, -0.2) is 18.3 Å². The molecule has 1 aliphatic carbocycles. The minimum absolute atomic E-state index is 0.0319. The summed E-state index contributed by atoms with van der Waals surface area (Å²) in [5.74, 6) is 5.37. The third-order valence-electron chi connectivity index (χ3n) is 4.35. The Kier molecular flexibility index (Phi) is 5.57. The van der Waals surface area contributed by atoms with E-state index in [1.54, 1.807) is 18.2 Å². The number of aryl methyl sites for hydroxylation is 1. The molecule has 1 atom stereocenters. The fraction of sp³-hybridized carbons (Fsp3) is 0.412. The highest BCUT2D eigenvalue weighted by atomic mass is 32.1. The maximum atomic E-state index is 10.3. The maximum absolute atomic E-state index is 10.3. The van der Waals surface area contributed by atoms with Crippen molar-refractivity contribution in [1.82, 2.24) is 16.1 Å². The van der Waals surface area contributed by atoms with Gasteiger partial charge in [0, 0.05) is 17.0 Å². The minimum atomic E-state index is -0.0319. The molecule has 0 spiro atoms. The van der Waals surface area contributed by atoms with Crippen LogP contribution in [0.2, 0.25) is 0 Å². The topological polar surface area (TPSA) is 94.4 Å². The Morgan fingerprint density at radius 3 is 3.04 bits per heavy atom. The molecule has 0 bridgehead atoms. The molecule has 0 saturated carbocycles. The molecule has 2 aliphatic rings. The van der Waals surface area contributed by atoms with Crippen molar-refractivity contribution in [1.29, 1.82) is 0 Å². The van der Waals surface area contributed by atoms with Crippen LogP contribution < -0.4 is 27.2 Å². The van der Waals surface area contributed by atoms with Gasteiger partial charge in [-0.25, -0.2) is 0 Å². The molecular weight excluding hydrogens is 322 g/mol. The van der Waals surface area contributed by atoms with Gasteiger partial charge in [0.05, 0.1) is 17.4 Å². The predicted molar refractivity (Wildman–Crippen MR) is 99.6 cm³/mol. The number of nitrogens with one attached hydrogen (secondary N) is 4. The lowest BCUT2D eigenvalue weighted by atomic mass is 9.94. The number of nitrogens with two attached hydrogens (primary N) is 1. The summed E-state index contributed by atoms with van der Waals surface area (Å²) in [6.45, 7) is 5.00. The summed E-state index contributed by atoms with van der Waals surface area (Å²) < 4.78 is 0. The third-order valence-corrected chi connectivity index (χ3v) is 5.61. The maximum Gasteiger partial charge on any atom is 0.138 e. The van der Waals surface area contributed by atoms with Crippen LogP contribution in [0.5, 0.6) is 0 Å². The standard InChI is InChI=1S/C17H25N5OS/c1-2-12(13(23)7-5-9-21-18)22-16-15-11-6-3-4-8-14(11)24-17(15)20-10-19-16/h2,5,7,16,19-23H,1,3-4,6,8-10,18H2/b7-5+,13-12-. The van der Waals surface area contributed by atoms with Gasteiger partial charge in [-0.05, 0) is 43.4 Å². The van der Waals surface area contributed by atoms with E-state index in [0.717, 1.165) is 6.42 Å². The van der Waals surface area contributed by atoms with E-state index in [1.807, 2.05) is 11.3 Å². The number of anilines is 1. The molecule has 7 N–H and O–H groups in total. The second-order valence-electron chi connectivity index (χ2n) is 5.90. The molecule has 1 aliphatic heterocycles. The lowest BCUT2D eigenvalue weighted by molar-refractivity contribution is 0.407. The third kappa shape index (κ3) is 3.49. The molecule has 2 heterocycles. The van der Waals surface area contributed by atoms with Gasteiger partial charge in [-0.1, -0.05) is 12.7 Å². The van der Waals surface area contributed by atoms with Gasteiger partial charge in [0.1, 0.15) is 11.9 Å². The van der Waals surface area contributed by atoms with Gasteiger partial charge in [0.2, 0.25) is 0 Å². The quantitative estimate of drug-likeness (QED) is 0.204. The molecule has 1 aromatic rings. The van der Waals surface area contributed by atoms with Crippen LogP contribution in [0.4, 0.5) is 5.00 Å². The van der Waals surface area contributed by atoms with E-state index in [0.29, 0.717) is 18.9 Å². The fourth-order valence-corrected chi connectivity index (χ4v) is 4.53. The molecule has 24 heavy (non-hydrogen) atoms. The molecule has 0 aromatic carbocycles. The van der Waals surface area contributed by atoms with Gasteiger partial charge in [0.25, 0.3) is 0 Å². The molecule has 6 nitrogen and oxygen atoms in total. The van der Waals surface area contributed by atoms with E-state index in [4.69, 9.17) is 5.84 Å². The molecule has 0 saturated heterocycles. The summed E-state index contributed by atoms with van der Waals surface area (Å²) in [5.41, 5.74) is 5.87. The van der Waals surface area contributed by atoms with Crippen molar-refractivity contribution in [2.45, 2.75) is 31.8 Å². The number of hydrogen-bond acceptors (Lipinski definition) is 7. The van der Waals surface area contributed by atoms with E-state index in [1.165, 1.54) is 40.3 Å². The largest absolute Gasteiger partial charge is 0.506 e. The lowest BCUT2D eigenvalue weighted by Gasteiger charge is -2.29. The van der Waals surface area contributed by atoms with Crippen molar-refractivity contribution in [2.24, 2.45) is 5.84 Å². The Labute approximate surface area is 146 Å². The van der Waals surface area contributed by atoms with E-state index < -0.39 is 0 Å². The smallest absolute Gasteiger partial charge is 0.138 e. The Morgan fingerprint density at radius 1 is 1.42 bits per heavy atom. The number of allylic oxidation sites excluding steroid dienone is 2. The van der Waals surface area contributed by atoms with Crippen molar-refractivity contribution < 1.29 is 5.11 Å². The van der Waals surface area contributed by atoms with Crippen LogP contribution in [0.25, 0.3) is 0 Å². The van der Waals surface area contributed by atoms with E-state index >= 15 is 0 Å². The zero-order valence-electron chi connectivity index (χ0n) is 13.7. The van der Waals surface area contributed by atoms with Crippen LogP contribution in [0.3, 0.4) is 0 Å². The Bertz CT molecular complexity index is 664. The summed E-state index contributed by atoms with van der Waals surface area (Å²) >= 11 is 1.87. The molecule has 3 rings (SSSR count). The highest BCUT2D eigenvalue weighted by Gasteiger charge is 2.29. The van der Waals surface area contributed by atoms with Crippen LogP contribution in [0.15, 0.2) is 36.3 Å². The second-order valence-corrected chi connectivity index (χ2v) is 7.01. The number of aliphatic hydroxyl groups excluding tert-OH is 1. The number of hydrazine groups is 1. The van der Waals surface area contributed by atoms with Crippen molar-refractivity contribution >= 4 is 16.3 Å². The minimum Gasteiger partial charge on any atom is -0.506 e. The zero-order chi connectivity index (χ0) is 16.9. The normalized spacial score (nSPS) is 20.8. The predicted octanol–water partition coefficient (Wildman–Crippen LogP) is 2.16. The average molecular weight is 347 g/mol. The molecule has 0 fully saturated rings. The number of hydrogen-bond donors (Lipinski definition) is 6. The monoisotopic (exact) mass is 347 g/mol. The first-order valence-electron chi connectivity index (χ1n) is 8.28. The Morgan fingerprint density at radius 2 is 2.25 bits per heavy atom. The lowest BCUT2D eigenvalue weighted by Crippen LogP contribution is -2.40. The average Bonchev–Trinajstić information content (AvgIpc) is 2.99. The van der Waals surface area contributed by atoms with Gasteiger partial charge in [0.15, 0.2) is 0 Å². The first-order valence-corrected chi connectivity index (χ1v) is 9.10. The Balaban J connectivity index is 1.85. The number of fused-ring (bicyclic) bond motifs is 3. The van der Waals surface area contributed by atoms with Crippen molar-refractivity contribution in [3.05, 3.63) is 52.3 Å². The highest BCUT2D eigenvalue weighted by molar-refractivity contribution is 7.16. The van der Waals surface area contributed by atoms with Crippen LogP contribution in [0, 0.1) is 0 Å². The van der Waals surface area contributed by atoms with Crippen molar-refractivity contribution in [3.8, 4) is 0 Å². The molecule has 1 unspecified atom stereocenters. The molecule has 1 aromatic heterocycles. The molecule has 7 heteroatoms. The van der Waals surface area contributed by atoms with Crippen molar-refractivity contribution in [3.63, 3.8) is 0 Å². The number of rotatable bonds is 6. The fourth-order valence-electron chi connectivity index (χ4n) is 3.21. The van der Waals surface area contributed by atoms with Crippen LogP contribution in [0.1, 0.15) is 35.0 Å². The van der Waals surface area contributed by atoms with Crippen LogP contribution in [-0.2, 0) is 12.8 Å². The summed E-state index contributed by atoms with van der Waals surface area (Å²) in [7, 11) is 0. The first kappa shape index (κ1) is 17.0. The van der Waals surface area contributed by atoms with Gasteiger partial charge in [-0.15, -0.1) is 11.3 Å². The highest BCUT2D eigenvalue weighted by Crippen LogP contribution is 2.42. The van der Waals surface area contributed by atoms with E-state index in [2.05, 4.69) is 28.0 Å².